The van der Waals surface area contributed by atoms with Crippen LogP contribution >= 0.6 is 0 Å². The fraction of sp³-hybridized carbons (Fsp3) is 0.111. The summed E-state index contributed by atoms with van der Waals surface area (Å²) in [5, 5.41) is 0. The number of anilines is 1. The lowest BCUT2D eigenvalue weighted by Crippen LogP contribution is -1.99. The van der Waals surface area contributed by atoms with E-state index < -0.39 is 0 Å². The van der Waals surface area contributed by atoms with Crippen molar-refractivity contribution >= 4 is 5.95 Å². The fourth-order valence-electron chi connectivity index (χ4n) is 2.12. The van der Waals surface area contributed by atoms with Gasteiger partial charge in [-0.05, 0) is 49.2 Å². The molecule has 0 saturated heterocycles. The van der Waals surface area contributed by atoms with Gasteiger partial charge in [-0.15, -0.1) is 0 Å². The van der Waals surface area contributed by atoms with Crippen LogP contribution in [0.25, 0.3) is 0 Å². The van der Waals surface area contributed by atoms with Crippen LogP contribution in [0.4, 0.5) is 5.95 Å². The van der Waals surface area contributed by atoms with Crippen molar-refractivity contribution < 1.29 is 9.47 Å². The minimum Gasteiger partial charge on any atom is -0.439 e. The van der Waals surface area contributed by atoms with Gasteiger partial charge in [0.25, 0.3) is 0 Å². The van der Waals surface area contributed by atoms with Gasteiger partial charge in [0, 0.05) is 0 Å². The molecule has 0 spiro atoms. The highest BCUT2D eigenvalue weighted by Crippen LogP contribution is 2.27. The monoisotopic (exact) mass is 307 g/mol. The maximum atomic E-state index is 5.74. The molecule has 0 bridgehead atoms. The standard InChI is InChI=1S/C18H17N3O2/c1-12-5-3-7-14(9-12)22-16-11-17(21-18(19)20-16)23-15-8-4-6-13(2)10-15/h3-11H,1-2H3,(H2,19,20,21). The topological polar surface area (TPSA) is 70.3 Å². The maximum Gasteiger partial charge on any atom is 0.227 e. The van der Waals surface area contributed by atoms with Gasteiger partial charge >= 0.3 is 0 Å². The van der Waals surface area contributed by atoms with Crippen molar-refractivity contribution in [2.75, 3.05) is 5.73 Å². The molecular weight excluding hydrogens is 290 g/mol. The molecule has 3 aromatic rings. The van der Waals surface area contributed by atoms with Crippen LogP contribution in [-0.4, -0.2) is 9.97 Å². The number of rotatable bonds is 4. The normalized spacial score (nSPS) is 10.3. The van der Waals surface area contributed by atoms with Crippen LogP contribution in [0.1, 0.15) is 11.1 Å². The number of aryl methyl sites for hydroxylation is 2. The zero-order chi connectivity index (χ0) is 16.2. The third-order valence-corrected chi connectivity index (χ3v) is 3.12. The maximum absolute atomic E-state index is 5.74. The van der Waals surface area contributed by atoms with Gasteiger partial charge in [0.05, 0.1) is 6.07 Å². The minimum absolute atomic E-state index is 0.0952. The van der Waals surface area contributed by atoms with Gasteiger partial charge in [-0.1, -0.05) is 24.3 Å². The summed E-state index contributed by atoms with van der Waals surface area (Å²) in [4.78, 5) is 8.16. The van der Waals surface area contributed by atoms with Crippen LogP contribution in [0.3, 0.4) is 0 Å². The number of ether oxygens (including phenoxy) is 2. The molecule has 0 aliphatic carbocycles. The second kappa shape index (κ2) is 6.36. The van der Waals surface area contributed by atoms with E-state index in [0.717, 1.165) is 11.1 Å². The summed E-state index contributed by atoms with van der Waals surface area (Å²) in [6.45, 7) is 3.99. The number of hydrogen-bond acceptors (Lipinski definition) is 5. The van der Waals surface area contributed by atoms with Crippen molar-refractivity contribution in [2.45, 2.75) is 13.8 Å². The van der Waals surface area contributed by atoms with Gasteiger partial charge in [-0.2, -0.15) is 9.97 Å². The number of benzene rings is 2. The lowest BCUT2D eigenvalue weighted by atomic mass is 10.2. The largest absolute Gasteiger partial charge is 0.439 e. The van der Waals surface area contributed by atoms with E-state index in [1.165, 1.54) is 0 Å². The summed E-state index contributed by atoms with van der Waals surface area (Å²) in [5.74, 6) is 2.14. The molecule has 0 aliphatic heterocycles. The summed E-state index contributed by atoms with van der Waals surface area (Å²) in [7, 11) is 0. The van der Waals surface area contributed by atoms with Crippen molar-refractivity contribution in [3.63, 3.8) is 0 Å². The average Bonchev–Trinajstić information content (AvgIpc) is 2.46. The molecule has 1 aromatic heterocycles. The Morgan fingerprint density at radius 3 is 1.65 bits per heavy atom. The van der Waals surface area contributed by atoms with E-state index >= 15 is 0 Å². The van der Waals surface area contributed by atoms with Gasteiger partial charge in [0.2, 0.25) is 17.7 Å². The summed E-state index contributed by atoms with van der Waals surface area (Å²) in [5.41, 5.74) is 7.94. The third-order valence-electron chi connectivity index (χ3n) is 3.12. The Bertz CT molecular complexity index is 768. The molecule has 0 unspecified atom stereocenters. The summed E-state index contributed by atoms with van der Waals surface area (Å²) < 4.78 is 11.5. The Balaban J connectivity index is 1.84. The van der Waals surface area contributed by atoms with Gasteiger partial charge in [0.1, 0.15) is 11.5 Å². The van der Waals surface area contributed by atoms with Crippen molar-refractivity contribution in [1.29, 1.82) is 0 Å². The van der Waals surface area contributed by atoms with Crippen LogP contribution in [0.5, 0.6) is 23.3 Å². The van der Waals surface area contributed by atoms with Crippen molar-refractivity contribution in [1.82, 2.24) is 9.97 Å². The molecule has 1 heterocycles. The van der Waals surface area contributed by atoms with Gasteiger partial charge in [-0.25, -0.2) is 0 Å². The molecule has 116 valence electrons. The zero-order valence-electron chi connectivity index (χ0n) is 13.0. The van der Waals surface area contributed by atoms with E-state index in [-0.39, 0.29) is 5.95 Å². The number of aromatic nitrogens is 2. The molecule has 2 N–H and O–H groups in total. The van der Waals surface area contributed by atoms with Crippen molar-refractivity contribution in [3.05, 3.63) is 65.7 Å². The predicted octanol–water partition coefficient (Wildman–Crippen LogP) is 4.26. The average molecular weight is 307 g/mol. The Hall–Kier alpha value is -3.08. The van der Waals surface area contributed by atoms with E-state index in [0.29, 0.717) is 23.3 Å². The third kappa shape index (κ3) is 3.97. The predicted molar refractivity (Wildman–Crippen MR) is 89.0 cm³/mol. The first-order valence-electron chi connectivity index (χ1n) is 7.22. The molecule has 23 heavy (non-hydrogen) atoms. The van der Waals surface area contributed by atoms with E-state index in [2.05, 4.69) is 9.97 Å². The molecule has 5 heteroatoms. The Morgan fingerprint density at radius 2 is 1.22 bits per heavy atom. The molecule has 0 radical (unpaired) electrons. The van der Waals surface area contributed by atoms with Gasteiger partial charge < -0.3 is 15.2 Å². The molecule has 0 fully saturated rings. The number of nitrogen functional groups attached to an aromatic ring is 1. The molecular formula is C18H17N3O2. The highest BCUT2D eigenvalue weighted by molar-refractivity contribution is 5.37. The molecule has 5 nitrogen and oxygen atoms in total. The number of nitrogens with zero attached hydrogens (tertiary/aromatic N) is 2. The molecule has 0 atom stereocenters. The highest BCUT2D eigenvalue weighted by atomic mass is 16.5. The van der Waals surface area contributed by atoms with Gasteiger partial charge in [-0.3, -0.25) is 0 Å². The smallest absolute Gasteiger partial charge is 0.227 e. The minimum atomic E-state index is 0.0952. The van der Waals surface area contributed by atoms with Crippen molar-refractivity contribution in [3.8, 4) is 23.3 Å². The molecule has 0 aliphatic rings. The molecule has 2 aromatic carbocycles. The highest BCUT2D eigenvalue weighted by Gasteiger charge is 2.07. The summed E-state index contributed by atoms with van der Waals surface area (Å²) in [6.07, 6.45) is 0. The lowest BCUT2D eigenvalue weighted by Gasteiger charge is -2.09. The first kappa shape index (κ1) is 14.8. The fourth-order valence-corrected chi connectivity index (χ4v) is 2.12. The molecule has 3 rings (SSSR count). The van der Waals surface area contributed by atoms with Crippen LogP contribution in [0.2, 0.25) is 0 Å². The number of nitrogens with two attached hydrogens (primary N) is 1. The second-order valence-electron chi connectivity index (χ2n) is 5.24. The van der Waals surface area contributed by atoms with Gasteiger partial charge in [0.15, 0.2) is 0 Å². The zero-order valence-corrected chi connectivity index (χ0v) is 13.0. The SMILES string of the molecule is Cc1cccc(Oc2cc(Oc3cccc(C)c3)nc(N)n2)c1. The van der Waals surface area contributed by atoms with E-state index in [1.54, 1.807) is 6.07 Å². The summed E-state index contributed by atoms with van der Waals surface area (Å²) >= 11 is 0. The van der Waals surface area contributed by atoms with E-state index in [4.69, 9.17) is 15.2 Å². The van der Waals surface area contributed by atoms with Crippen LogP contribution in [-0.2, 0) is 0 Å². The van der Waals surface area contributed by atoms with Crippen LogP contribution in [0.15, 0.2) is 54.6 Å². The molecule has 0 saturated carbocycles. The Morgan fingerprint density at radius 1 is 0.739 bits per heavy atom. The first-order valence-corrected chi connectivity index (χ1v) is 7.22. The summed E-state index contributed by atoms with van der Waals surface area (Å²) in [6, 6.07) is 17.0. The Kier molecular flexibility index (Phi) is 4.10. The van der Waals surface area contributed by atoms with Crippen LogP contribution < -0.4 is 15.2 Å². The first-order chi connectivity index (χ1) is 11.1. The van der Waals surface area contributed by atoms with E-state index in [9.17, 15) is 0 Å². The second-order valence-corrected chi connectivity index (χ2v) is 5.24. The number of hydrogen-bond donors (Lipinski definition) is 1. The lowest BCUT2D eigenvalue weighted by molar-refractivity contribution is 0.435. The molecule has 0 amide bonds. The van der Waals surface area contributed by atoms with Crippen molar-refractivity contribution in [2.24, 2.45) is 0 Å². The van der Waals surface area contributed by atoms with Crippen LogP contribution in [0, 0.1) is 13.8 Å². The Labute approximate surface area is 134 Å². The quantitative estimate of drug-likeness (QED) is 0.779. The van der Waals surface area contributed by atoms with E-state index in [1.807, 2.05) is 62.4 Å².